The van der Waals surface area contributed by atoms with Crippen molar-refractivity contribution in [2.24, 2.45) is 0 Å². The molecule has 0 spiro atoms. The van der Waals surface area contributed by atoms with E-state index in [-0.39, 0.29) is 30.9 Å². The topological polar surface area (TPSA) is 73.3 Å². The second-order valence-corrected chi connectivity index (χ2v) is 6.23. The first kappa shape index (κ1) is 19.6. The molecule has 1 N–H and O–H groups in total. The molecule has 1 heterocycles. The van der Waals surface area contributed by atoms with Gasteiger partial charge in [0.25, 0.3) is 5.91 Å². The number of hydrogen-bond acceptors (Lipinski definition) is 5. The lowest BCUT2D eigenvalue weighted by molar-refractivity contribution is 0.0950. The zero-order valence-electron chi connectivity index (χ0n) is 15.0. The molecule has 0 bridgehead atoms. The van der Waals surface area contributed by atoms with E-state index in [2.05, 4.69) is 15.3 Å². The third kappa shape index (κ3) is 5.17. The monoisotopic (exact) mass is 401 g/mol. The van der Waals surface area contributed by atoms with Gasteiger partial charge in [-0.2, -0.15) is 0 Å². The maximum Gasteiger partial charge on any atom is 0.316 e. The highest BCUT2D eigenvalue weighted by Gasteiger charge is 2.08. The van der Waals surface area contributed by atoms with Crippen molar-refractivity contribution in [3.8, 4) is 11.8 Å². The molecule has 0 aliphatic rings. The summed E-state index contributed by atoms with van der Waals surface area (Å²) in [4.78, 5) is 20.2. The fourth-order valence-corrected chi connectivity index (χ4v) is 2.62. The van der Waals surface area contributed by atoms with Crippen molar-refractivity contribution in [3.63, 3.8) is 0 Å². The summed E-state index contributed by atoms with van der Waals surface area (Å²) in [5, 5.41) is 3.20. The predicted octanol–water partition coefficient (Wildman–Crippen LogP) is 3.79. The normalized spacial score (nSPS) is 10.4. The molecule has 6 nitrogen and oxygen atoms in total. The van der Waals surface area contributed by atoms with Gasteiger partial charge in [-0.05, 0) is 35.4 Å². The van der Waals surface area contributed by atoms with Crippen molar-refractivity contribution in [1.29, 1.82) is 0 Å². The summed E-state index contributed by atoms with van der Waals surface area (Å²) in [6.45, 7) is 0.495. The third-order valence-electron chi connectivity index (χ3n) is 3.84. The van der Waals surface area contributed by atoms with Gasteiger partial charge in [-0.15, -0.1) is 0 Å². The lowest BCUT2D eigenvalue weighted by atomic mass is 10.2. The van der Waals surface area contributed by atoms with E-state index in [1.807, 2.05) is 6.07 Å². The van der Waals surface area contributed by atoms with Gasteiger partial charge < -0.3 is 14.8 Å². The average Bonchev–Trinajstić information content (AvgIpc) is 2.72. The Kier molecular flexibility index (Phi) is 6.39. The smallest absolute Gasteiger partial charge is 0.316 e. The van der Waals surface area contributed by atoms with Crippen LogP contribution in [0.2, 0.25) is 5.02 Å². The minimum absolute atomic E-state index is 0.141. The van der Waals surface area contributed by atoms with E-state index >= 15 is 0 Å². The molecule has 0 aliphatic carbocycles. The summed E-state index contributed by atoms with van der Waals surface area (Å²) in [7, 11) is 1.54. The third-order valence-corrected chi connectivity index (χ3v) is 4.14. The molecule has 0 radical (unpaired) electrons. The number of ether oxygens (including phenoxy) is 2. The van der Waals surface area contributed by atoms with Crippen LogP contribution in [0.4, 0.5) is 4.39 Å². The van der Waals surface area contributed by atoms with Crippen LogP contribution < -0.4 is 14.8 Å². The fraction of sp³-hybridized carbons (Fsp3) is 0.150. The van der Waals surface area contributed by atoms with Crippen LogP contribution in [0.1, 0.15) is 21.5 Å². The second kappa shape index (κ2) is 9.14. The van der Waals surface area contributed by atoms with Gasteiger partial charge in [0.15, 0.2) is 0 Å². The van der Waals surface area contributed by atoms with E-state index in [1.165, 1.54) is 24.5 Å². The number of rotatable bonds is 7. The molecule has 0 aliphatic heterocycles. The molecule has 0 saturated carbocycles. The van der Waals surface area contributed by atoms with Crippen molar-refractivity contribution in [1.82, 2.24) is 15.3 Å². The van der Waals surface area contributed by atoms with Crippen LogP contribution in [0.25, 0.3) is 0 Å². The quantitative estimate of drug-likeness (QED) is 0.652. The maximum absolute atomic E-state index is 12.9. The molecule has 144 valence electrons. The van der Waals surface area contributed by atoms with Crippen LogP contribution in [0.5, 0.6) is 11.8 Å². The number of hydrogen-bond donors (Lipinski definition) is 1. The molecule has 3 rings (SSSR count). The number of nitrogens with one attached hydrogen (secondary N) is 1. The highest BCUT2D eigenvalue weighted by Crippen LogP contribution is 2.25. The van der Waals surface area contributed by atoms with E-state index in [0.29, 0.717) is 16.3 Å². The molecular formula is C20H17ClFN3O3. The summed E-state index contributed by atoms with van der Waals surface area (Å²) >= 11 is 6.07. The van der Waals surface area contributed by atoms with Crippen LogP contribution in [-0.2, 0) is 13.2 Å². The molecule has 2 aromatic carbocycles. The number of amides is 1. The standard InChI is InChI=1S/C20H17ClFN3O3/c1-27-18-7-4-14(8-17(18)21)12-28-20-24-10-15(11-25-20)19(26)23-9-13-2-5-16(22)6-3-13/h2-8,10-11H,9,12H2,1H3,(H,23,26). The number of nitrogens with zero attached hydrogens (tertiary/aromatic N) is 2. The molecule has 3 aromatic rings. The van der Waals surface area contributed by atoms with Crippen LogP contribution >= 0.6 is 11.6 Å². The van der Waals surface area contributed by atoms with Gasteiger partial charge >= 0.3 is 6.01 Å². The van der Waals surface area contributed by atoms with Gasteiger partial charge in [-0.3, -0.25) is 4.79 Å². The fourth-order valence-electron chi connectivity index (χ4n) is 2.34. The Bertz CT molecular complexity index is 950. The number of benzene rings is 2. The van der Waals surface area contributed by atoms with Crippen molar-refractivity contribution in [2.45, 2.75) is 13.2 Å². The number of methoxy groups -OCH3 is 1. The maximum atomic E-state index is 12.9. The van der Waals surface area contributed by atoms with Crippen molar-refractivity contribution >= 4 is 17.5 Å². The van der Waals surface area contributed by atoms with E-state index in [9.17, 15) is 9.18 Å². The highest BCUT2D eigenvalue weighted by molar-refractivity contribution is 6.32. The van der Waals surface area contributed by atoms with Gasteiger partial charge in [0.2, 0.25) is 0 Å². The SMILES string of the molecule is COc1ccc(COc2ncc(C(=O)NCc3ccc(F)cc3)cn2)cc1Cl. The molecule has 0 fully saturated rings. The van der Waals surface area contributed by atoms with E-state index in [4.69, 9.17) is 21.1 Å². The Morgan fingerprint density at radius 1 is 1.11 bits per heavy atom. The molecule has 1 aromatic heterocycles. The van der Waals surface area contributed by atoms with Crippen molar-refractivity contribution in [3.05, 3.63) is 82.4 Å². The Labute approximate surface area is 166 Å². The van der Waals surface area contributed by atoms with Gasteiger partial charge in [-0.25, -0.2) is 14.4 Å². The van der Waals surface area contributed by atoms with Gasteiger partial charge in [0, 0.05) is 18.9 Å². The second-order valence-electron chi connectivity index (χ2n) is 5.82. The first-order chi connectivity index (χ1) is 13.5. The molecule has 8 heteroatoms. The number of carbonyl (C=O) groups excluding carboxylic acids is 1. The zero-order valence-corrected chi connectivity index (χ0v) is 15.7. The lowest BCUT2D eigenvalue weighted by Crippen LogP contribution is -2.23. The largest absolute Gasteiger partial charge is 0.495 e. The molecular weight excluding hydrogens is 385 g/mol. The minimum atomic E-state index is -0.335. The molecule has 28 heavy (non-hydrogen) atoms. The number of aromatic nitrogens is 2. The Morgan fingerprint density at radius 2 is 1.79 bits per heavy atom. The van der Waals surface area contributed by atoms with Crippen molar-refractivity contribution in [2.75, 3.05) is 7.11 Å². The number of carbonyl (C=O) groups is 1. The first-order valence-electron chi connectivity index (χ1n) is 8.35. The molecule has 0 atom stereocenters. The predicted molar refractivity (Wildman–Crippen MR) is 102 cm³/mol. The van der Waals surface area contributed by atoms with Crippen LogP contribution in [0, 0.1) is 5.82 Å². The summed E-state index contributed by atoms with van der Waals surface area (Å²) in [6.07, 6.45) is 2.76. The van der Waals surface area contributed by atoms with Gasteiger partial charge in [0.1, 0.15) is 18.2 Å². The van der Waals surface area contributed by atoms with E-state index in [0.717, 1.165) is 11.1 Å². The summed E-state index contributed by atoms with van der Waals surface area (Å²) in [5.41, 5.74) is 1.91. The summed E-state index contributed by atoms with van der Waals surface area (Å²) in [6, 6.07) is 11.3. The highest BCUT2D eigenvalue weighted by atomic mass is 35.5. The Hall–Kier alpha value is -3.19. The molecule has 0 saturated heterocycles. The summed E-state index contributed by atoms with van der Waals surface area (Å²) in [5.74, 6) is -0.0774. The first-order valence-corrected chi connectivity index (χ1v) is 8.73. The van der Waals surface area contributed by atoms with E-state index in [1.54, 1.807) is 31.4 Å². The minimum Gasteiger partial charge on any atom is -0.495 e. The Balaban J connectivity index is 1.53. The molecule has 1 amide bonds. The van der Waals surface area contributed by atoms with Gasteiger partial charge in [-0.1, -0.05) is 29.8 Å². The van der Waals surface area contributed by atoms with Crippen LogP contribution in [0.15, 0.2) is 54.9 Å². The summed E-state index contributed by atoms with van der Waals surface area (Å²) < 4.78 is 23.5. The van der Waals surface area contributed by atoms with Crippen LogP contribution in [-0.4, -0.2) is 23.0 Å². The van der Waals surface area contributed by atoms with E-state index < -0.39 is 0 Å². The van der Waals surface area contributed by atoms with Crippen molar-refractivity contribution < 1.29 is 18.7 Å². The molecule has 0 unspecified atom stereocenters. The average molecular weight is 402 g/mol. The Morgan fingerprint density at radius 3 is 2.43 bits per heavy atom. The number of halogens is 2. The zero-order chi connectivity index (χ0) is 19.9. The van der Waals surface area contributed by atoms with Crippen LogP contribution in [0.3, 0.4) is 0 Å². The van der Waals surface area contributed by atoms with Gasteiger partial charge in [0.05, 0.1) is 17.7 Å². The lowest BCUT2D eigenvalue weighted by Gasteiger charge is -2.08.